The molecule has 0 saturated heterocycles. The molecule has 0 spiro atoms. The van der Waals surface area contributed by atoms with Crippen LogP contribution in [-0.2, 0) is 50.3 Å². The monoisotopic (exact) mass is 943 g/mol. The molecule has 65 heavy (non-hydrogen) atoms. The Labute approximate surface area is 391 Å². The van der Waals surface area contributed by atoms with Gasteiger partial charge in [0.05, 0.1) is 46.1 Å². The molecule has 15 heteroatoms. The second kappa shape index (κ2) is 32.4. The van der Waals surface area contributed by atoms with Gasteiger partial charge in [0.2, 0.25) is 0 Å². The summed E-state index contributed by atoms with van der Waals surface area (Å²) in [5.41, 5.74) is 2.62. The van der Waals surface area contributed by atoms with Crippen molar-refractivity contribution in [2.24, 2.45) is 11.8 Å². The molecule has 1 aromatic rings. The van der Waals surface area contributed by atoms with Crippen LogP contribution in [0.5, 0.6) is 0 Å². The Morgan fingerprint density at radius 3 is 1.94 bits per heavy atom. The fourth-order valence-corrected chi connectivity index (χ4v) is 8.93. The number of aryl methyl sites for hydroxylation is 2. The number of ether oxygens (including phenoxy) is 2. The number of hydrogen-bond donors (Lipinski definition) is 4. The Hall–Kier alpha value is -2.42. The van der Waals surface area contributed by atoms with Crippen molar-refractivity contribution >= 4 is 25.5 Å². The zero-order valence-corrected chi connectivity index (χ0v) is 42.2. The quantitative estimate of drug-likeness (QED) is 0.0161. The van der Waals surface area contributed by atoms with Gasteiger partial charge in [0, 0.05) is 56.8 Å². The molecule has 7 atom stereocenters. The minimum absolute atomic E-state index is 0.0411. The molecule has 0 amide bonds. The minimum Gasteiger partial charge on any atom is -0.466 e. The van der Waals surface area contributed by atoms with E-state index in [1.54, 1.807) is 12.2 Å². The molecule has 14 nitrogen and oxygen atoms in total. The summed E-state index contributed by atoms with van der Waals surface area (Å²) in [7, 11) is 1.23. The number of phosphoric acid groups is 1. The van der Waals surface area contributed by atoms with Gasteiger partial charge in [0.1, 0.15) is 37.1 Å². The Morgan fingerprint density at radius 1 is 0.754 bits per heavy atom. The molecule has 4 N–H and O–H groups in total. The number of aliphatic hydroxyl groups excluding tert-OH is 3. The largest absolute Gasteiger partial charge is 0.472 e. The average Bonchev–Trinajstić information content (AvgIpc) is 3.66. The number of carbonyl (C=O) groups is 3. The molecule has 1 saturated carbocycles. The number of hydrogen-bond acceptors (Lipinski definition) is 12. The van der Waals surface area contributed by atoms with Gasteiger partial charge in [-0.25, -0.2) is 4.57 Å². The smallest absolute Gasteiger partial charge is 0.466 e. The van der Waals surface area contributed by atoms with Gasteiger partial charge in [-0.2, -0.15) is 0 Å². The SMILES string of the molecule is CCCCCc1oc(CCCCCCCCCCC(=O)OC[C@H](COP(=O)(O)OCC[N+](C)(C)C)OC(=O)CCCCC(=O)C[C@@H]2[C@@H](/C=C/[C@@H](O)CCCCC)[C@H](O)C[C@@H]2O)c(C)c1C. The molecule has 1 heterocycles. The molecule has 2 rings (SSSR count). The van der Waals surface area contributed by atoms with Gasteiger partial charge in [-0.15, -0.1) is 0 Å². The molecule has 0 aromatic carbocycles. The molecule has 0 aliphatic heterocycles. The Morgan fingerprint density at radius 2 is 1.31 bits per heavy atom. The first-order chi connectivity index (χ1) is 30.9. The number of likely N-dealkylation sites (N-methyl/N-ethyl adjacent to an activating group) is 1. The predicted molar refractivity (Wildman–Crippen MR) is 253 cm³/mol. The molecule has 1 unspecified atom stereocenters. The van der Waals surface area contributed by atoms with E-state index in [1.165, 1.54) is 30.4 Å². The van der Waals surface area contributed by atoms with Gasteiger partial charge >= 0.3 is 19.8 Å². The number of ketones is 1. The maximum Gasteiger partial charge on any atom is 0.472 e. The molecule has 1 fully saturated rings. The number of quaternary nitrogens is 1. The number of unbranched alkanes of at least 4 members (excludes halogenated alkanes) is 12. The molecular weight excluding hydrogens is 854 g/mol. The van der Waals surface area contributed by atoms with Crippen LogP contribution in [0.25, 0.3) is 0 Å². The first-order valence-corrected chi connectivity index (χ1v) is 26.4. The summed E-state index contributed by atoms with van der Waals surface area (Å²) in [5, 5.41) is 31.5. The predicted octanol–water partition coefficient (Wildman–Crippen LogP) is 9.35. The molecular formula is C50H89NO13P+. The van der Waals surface area contributed by atoms with Gasteiger partial charge in [0.15, 0.2) is 6.10 Å². The van der Waals surface area contributed by atoms with Crippen LogP contribution in [0.3, 0.4) is 0 Å². The van der Waals surface area contributed by atoms with Crippen molar-refractivity contribution in [1.82, 2.24) is 0 Å². The van der Waals surface area contributed by atoms with E-state index in [2.05, 4.69) is 27.7 Å². The Bertz CT molecular complexity index is 1570. The first kappa shape index (κ1) is 58.7. The zero-order chi connectivity index (χ0) is 48.3. The number of phosphoric ester groups is 1. The number of rotatable bonds is 38. The van der Waals surface area contributed by atoms with Crippen LogP contribution in [0.2, 0.25) is 0 Å². The fraction of sp³-hybridized carbons (Fsp3) is 0.820. The van der Waals surface area contributed by atoms with Crippen molar-refractivity contribution in [2.75, 3.05) is 47.5 Å². The van der Waals surface area contributed by atoms with Crippen molar-refractivity contribution in [3.63, 3.8) is 0 Å². The highest BCUT2D eigenvalue weighted by atomic mass is 31.2. The second-order valence-electron chi connectivity index (χ2n) is 19.4. The number of aliphatic hydroxyl groups is 3. The molecule has 1 aromatic heterocycles. The third-order valence-electron chi connectivity index (χ3n) is 12.5. The maximum atomic E-state index is 12.9. The van der Waals surface area contributed by atoms with Crippen molar-refractivity contribution in [1.29, 1.82) is 0 Å². The summed E-state index contributed by atoms with van der Waals surface area (Å²) in [6, 6.07) is 0. The highest BCUT2D eigenvalue weighted by Crippen LogP contribution is 2.43. The van der Waals surface area contributed by atoms with Crippen LogP contribution < -0.4 is 0 Å². The van der Waals surface area contributed by atoms with Crippen LogP contribution >= 0.6 is 7.82 Å². The summed E-state index contributed by atoms with van der Waals surface area (Å²) in [6.07, 6.45) is 18.6. The fourth-order valence-electron chi connectivity index (χ4n) is 8.19. The van der Waals surface area contributed by atoms with E-state index in [0.717, 1.165) is 88.6 Å². The van der Waals surface area contributed by atoms with Crippen molar-refractivity contribution in [3.8, 4) is 0 Å². The van der Waals surface area contributed by atoms with Crippen LogP contribution in [0.4, 0.5) is 0 Å². The molecule has 376 valence electrons. The standard InChI is InChI=1S/C50H88NO13P/c1-8-10-18-24-40(52)30-31-43-44(46(55)35-45(43)54)34-41(53)25-22-23-29-50(57)63-42(37-62-65(58,59)61-33-32-51(5,6)7)36-60-49(56)28-21-17-15-13-12-14-16-20-27-48-39(4)38(3)47(64-48)26-19-11-9-2/h30-31,40,42-46,52,54-55H,8-29,32-37H2,1-7H3/p+1/b31-30+/t40-,42+,43+,44+,45+,46-/m0/s1. The molecule has 0 radical (unpaired) electrons. The summed E-state index contributed by atoms with van der Waals surface area (Å²) in [6.45, 7) is 8.17. The summed E-state index contributed by atoms with van der Waals surface area (Å²) in [5.74, 6) is 0.178. The molecule has 1 aliphatic rings. The van der Waals surface area contributed by atoms with Crippen molar-refractivity contribution in [2.45, 2.75) is 206 Å². The van der Waals surface area contributed by atoms with E-state index in [0.29, 0.717) is 36.7 Å². The number of carbonyl (C=O) groups excluding carboxylic acids is 3. The van der Waals surface area contributed by atoms with Crippen LogP contribution in [0.1, 0.15) is 178 Å². The Balaban J connectivity index is 1.75. The topological polar surface area (TPSA) is 199 Å². The first-order valence-electron chi connectivity index (χ1n) is 24.9. The highest BCUT2D eigenvalue weighted by molar-refractivity contribution is 7.47. The number of furan rings is 1. The van der Waals surface area contributed by atoms with Gasteiger partial charge in [0.25, 0.3) is 0 Å². The lowest BCUT2D eigenvalue weighted by atomic mass is 9.87. The van der Waals surface area contributed by atoms with E-state index < -0.39 is 62.6 Å². The number of esters is 2. The lowest BCUT2D eigenvalue weighted by Gasteiger charge is -2.24. The highest BCUT2D eigenvalue weighted by Gasteiger charge is 2.41. The third-order valence-corrected chi connectivity index (χ3v) is 13.5. The van der Waals surface area contributed by atoms with Crippen molar-refractivity contribution < 1.29 is 66.6 Å². The third kappa shape index (κ3) is 26.1. The van der Waals surface area contributed by atoms with E-state index >= 15 is 0 Å². The van der Waals surface area contributed by atoms with Crippen LogP contribution in [-0.4, -0.2) is 114 Å². The summed E-state index contributed by atoms with van der Waals surface area (Å²) in [4.78, 5) is 48.7. The second-order valence-corrected chi connectivity index (χ2v) is 20.9. The summed E-state index contributed by atoms with van der Waals surface area (Å²) < 4.78 is 40.5. The minimum atomic E-state index is -4.50. The van der Waals surface area contributed by atoms with Gasteiger partial charge < -0.3 is 38.6 Å². The zero-order valence-electron chi connectivity index (χ0n) is 41.3. The number of Topliss-reactive ketones (excluding diaryl/α,β-unsaturated/α-hetero) is 1. The Kier molecular flexibility index (Phi) is 29.2. The lowest BCUT2D eigenvalue weighted by Crippen LogP contribution is -2.37. The molecule has 0 bridgehead atoms. The van der Waals surface area contributed by atoms with Gasteiger partial charge in [-0.1, -0.05) is 96.6 Å². The van der Waals surface area contributed by atoms with Gasteiger partial charge in [-0.3, -0.25) is 23.4 Å². The summed E-state index contributed by atoms with van der Waals surface area (Å²) >= 11 is 0. The average molecular weight is 943 g/mol. The van der Waals surface area contributed by atoms with Crippen molar-refractivity contribution in [3.05, 3.63) is 34.8 Å². The van der Waals surface area contributed by atoms with Crippen LogP contribution in [0, 0.1) is 25.7 Å². The molecule has 1 aliphatic carbocycles. The van der Waals surface area contributed by atoms with E-state index in [9.17, 15) is 39.2 Å². The van der Waals surface area contributed by atoms with Gasteiger partial charge in [-0.05, 0) is 63.5 Å². The normalized spacial score (nSPS) is 19.7. The number of nitrogens with zero attached hydrogens (tertiary/aromatic N) is 1. The van der Waals surface area contributed by atoms with E-state index in [-0.39, 0.29) is 51.1 Å². The van der Waals surface area contributed by atoms with E-state index in [4.69, 9.17) is 22.9 Å². The maximum absolute atomic E-state index is 12.9. The van der Waals surface area contributed by atoms with Crippen LogP contribution in [0.15, 0.2) is 16.6 Å². The van der Waals surface area contributed by atoms with E-state index in [1.807, 2.05) is 21.1 Å². The lowest BCUT2D eigenvalue weighted by molar-refractivity contribution is -0.870.